The van der Waals surface area contributed by atoms with E-state index in [0.717, 1.165) is 6.42 Å². The summed E-state index contributed by atoms with van der Waals surface area (Å²) in [6, 6.07) is 35.6. The van der Waals surface area contributed by atoms with E-state index >= 15 is 0 Å². The molecule has 5 rings (SSSR count). The first kappa shape index (κ1) is 20.6. The van der Waals surface area contributed by atoms with Crippen molar-refractivity contribution in [2.45, 2.75) is 45.4 Å². The third-order valence-corrected chi connectivity index (χ3v) is 7.14. The van der Waals surface area contributed by atoms with E-state index in [2.05, 4.69) is 123 Å². The van der Waals surface area contributed by atoms with Gasteiger partial charge in [-0.15, -0.1) is 0 Å². The van der Waals surface area contributed by atoms with Crippen molar-refractivity contribution in [2.75, 3.05) is 4.90 Å². The van der Waals surface area contributed by atoms with Gasteiger partial charge in [-0.25, -0.2) is 0 Å². The quantitative estimate of drug-likeness (QED) is 0.303. The van der Waals surface area contributed by atoms with Gasteiger partial charge in [0.15, 0.2) is 0 Å². The van der Waals surface area contributed by atoms with Crippen LogP contribution < -0.4 is 4.90 Å². The highest BCUT2D eigenvalue weighted by Crippen LogP contribution is 2.38. The number of hydrogen-bond acceptors (Lipinski definition) is 1. The predicted octanol–water partition coefficient (Wildman–Crippen LogP) is 8.61. The molecule has 0 aliphatic heterocycles. The number of rotatable bonds is 6. The monoisotopic (exact) mass is 417 g/mol. The summed E-state index contributed by atoms with van der Waals surface area (Å²) in [5, 5.41) is 0. The molecule has 32 heavy (non-hydrogen) atoms. The Morgan fingerprint density at radius 2 is 1.19 bits per heavy atom. The maximum Gasteiger partial charge on any atom is 0.0464 e. The summed E-state index contributed by atoms with van der Waals surface area (Å²) in [5.74, 6) is 0. The van der Waals surface area contributed by atoms with Crippen molar-refractivity contribution in [2.24, 2.45) is 0 Å². The molecular formula is C31H31N. The van der Waals surface area contributed by atoms with E-state index in [1.807, 2.05) is 0 Å². The van der Waals surface area contributed by atoms with Gasteiger partial charge in [-0.3, -0.25) is 0 Å². The number of nitrogens with zero attached hydrogens (tertiary/aromatic N) is 1. The van der Waals surface area contributed by atoms with Crippen LogP contribution >= 0.6 is 0 Å². The molecule has 0 heterocycles. The minimum absolute atomic E-state index is 0.218. The summed E-state index contributed by atoms with van der Waals surface area (Å²) in [4.78, 5) is 2.36. The van der Waals surface area contributed by atoms with E-state index in [9.17, 15) is 0 Å². The molecule has 0 fully saturated rings. The number of aryl methyl sites for hydroxylation is 2. The molecule has 0 unspecified atom stereocenters. The molecule has 1 nitrogen and oxygen atoms in total. The fourth-order valence-electron chi connectivity index (χ4n) is 4.47. The highest BCUT2D eigenvalue weighted by atomic mass is 15.1. The molecule has 4 aromatic carbocycles. The molecule has 0 saturated carbocycles. The summed E-state index contributed by atoms with van der Waals surface area (Å²) < 4.78 is 0. The second kappa shape index (κ2) is 8.31. The Hall–Kier alpha value is -3.32. The normalized spacial score (nSPS) is 12.7. The van der Waals surface area contributed by atoms with Crippen LogP contribution in [0.5, 0.6) is 0 Å². The van der Waals surface area contributed by atoms with E-state index in [-0.39, 0.29) is 5.41 Å². The number of para-hydroxylation sites is 1. The Labute approximate surface area is 192 Å². The molecule has 1 heteroatoms. The highest BCUT2D eigenvalue weighted by Gasteiger charge is 2.19. The van der Waals surface area contributed by atoms with Crippen LogP contribution in [0.25, 0.3) is 11.1 Å². The smallest absolute Gasteiger partial charge is 0.0464 e. The fourth-order valence-corrected chi connectivity index (χ4v) is 4.47. The van der Waals surface area contributed by atoms with Crippen molar-refractivity contribution in [1.82, 2.24) is 0 Å². The molecule has 0 aromatic heterocycles. The Balaban J connectivity index is 1.48. The van der Waals surface area contributed by atoms with Gasteiger partial charge in [0.2, 0.25) is 0 Å². The van der Waals surface area contributed by atoms with Crippen LogP contribution in [0.2, 0.25) is 0 Å². The average molecular weight is 418 g/mol. The minimum atomic E-state index is 0.218. The molecule has 4 aromatic rings. The molecule has 1 aliphatic rings. The summed E-state index contributed by atoms with van der Waals surface area (Å²) in [7, 11) is 0. The zero-order valence-electron chi connectivity index (χ0n) is 19.3. The second-order valence-corrected chi connectivity index (χ2v) is 9.49. The van der Waals surface area contributed by atoms with E-state index in [0.29, 0.717) is 0 Å². The molecule has 160 valence electrons. The Bertz CT molecular complexity index is 1200. The van der Waals surface area contributed by atoms with Crippen LogP contribution in [0.3, 0.4) is 0 Å². The summed E-state index contributed by atoms with van der Waals surface area (Å²) in [6.07, 6.45) is 3.54. The van der Waals surface area contributed by atoms with Gasteiger partial charge >= 0.3 is 0 Å². The average Bonchev–Trinajstić information content (AvgIpc) is 2.82. The van der Waals surface area contributed by atoms with Crippen molar-refractivity contribution in [3.8, 4) is 11.1 Å². The van der Waals surface area contributed by atoms with E-state index in [1.165, 1.54) is 57.7 Å². The number of benzene rings is 4. The second-order valence-electron chi connectivity index (χ2n) is 9.49. The van der Waals surface area contributed by atoms with Crippen molar-refractivity contribution in [1.29, 1.82) is 0 Å². The molecule has 0 spiro atoms. The SMILES string of the molecule is CCC(C)(C)c1ccc(-c2ccc(N(c3ccccc3)c3ccc4c(c3)CC4)cc2)cc1. The van der Waals surface area contributed by atoms with Crippen molar-refractivity contribution in [3.63, 3.8) is 0 Å². The van der Waals surface area contributed by atoms with Crippen LogP contribution in [0.1, 0.15) is 43.9 Å². The maximum absolute atomic E-state index is 2.36. The lowest BCUT2D eigenvalue weighted by atomic mass is 9.82. The van der Waals surface area contributed by atoms with E-state index in [1.54, 1.807) is 0 Å². The van der Waals surface area contributed by atoms with Crippen molar-refractivity contribution < 1.29 is 0 Å². The number of hydrogen-bond donors (Lipinski definition) is 0. The van der Waals surface area contributed by atoms with Crippen LogP contribution in [0.4, 0.5) is 17.1 Å². The Morgan fingerprint density at radius 1 is 0.625 bits per heavy atom. The molecule has 1 aliphatic carbocycles. The van der Waals surface area contributed by atoms with Crippen LogP contribution in [0, 0.1) is 0 Å². The molecule has 0 bridgehead atoms. The maximum atomic E-state index is 2.36. The molecule has 0 amide bonds. The number of fused-ring (bicyclic) bond motifs is 1. The molecule has 0 radical (unpaired) electrons. The standard InChI is InChI=1S/C31H31N/c1-4-31(2,3)27-17-12-23(13-18-27)24-14-19-29(20-15-24)32(28-8-6-5-7-9-28)30-21-16-25-10-11-26(25)22-30/h5-9,12-22H,4,10-11H2,1-3H3. The largest absolute Gasteiger partial charge is 0.310 e. The first-order valence-electron chi connectivity index (χ1n) is 11.7. The lowest BCUT2D eigenvalue weighted by Crippen LogP contribution is -2.15. The van der Waals surface area contributed by atoms with Gasteiger partial charge in [0.05, 0.1) is 0 Å². The van der Waals surface area contributed by atoms with Crippen molar-refractivity contribution >= 4 is 17.1 Å². The first-order chi connectivity index (χ1) is 15.5. The van der Waals surface area contributed by atoms with E-state index < -0.39 is 0 Å². The predicted molar refractivity (Wildman–Crippen MR) is 137 cm³/mol. The van der Waals surface area contributed by atoms with Gasteiger partial charge in [-0.1, -0.05) is 81.4 Å². The third kappa shape index (κ3) is 3.84. The lowest BCUT2D eigenvalue weighted by Gasteiger charge is -2.28. The Kier molecular flexibility index (Phi) is 5.35. The highest BCUT2D eigenvalue weighted by molar-refractivity contribution is 5.79. The fraction of sp³-hybridized carbons (Fsp3) is 0.226. The Morgan fingerprint density at radius 3 is 1.75 bits per heavy atom. The van der Waals surface area contributed by atoms with Gasteiger partial charge in [-0.2, -0.15) is 0 Å². The first-order valence-corrected chi connectivity index (χ1v) is 11.7. The van der Waals surface area contributed by atoms with Gasteiger partial charge in [0.25, 0.3) is 0 Å². The topological polar surface area (TPSA) is 3.24 Å². The minimum Gasteiger partial charge on any atom is -0.310 e. The molecule has 0 N–H and O–H groups in total. The lowest BCUT2D eigenvalue weighted by molar-refractivity contribution is 0.506. The zero-order valence-corrected chi connectivity index (χ0v) is 19.3. The number of anilines is 3. The van der Waals surface area contributed by atoms with Crippen LogP contribution in [0.15, 0.2) is 97.1 Å². The molecular weight excluding hydrogens is 386 g/mol. The van der Waals surface area contributed by atoms with E-state index in [4.69, 9.17) is 0 Å². The summed E-state index contributed by atoms with van der Waals surface area (Å²) in [5.41, 5.74) is 10.7. The van der Waals surface area contributed by atoms with Gasteiger partial charge in [-0.05, 0) is 88.9 Å². The zero-order chi connectivity index (χ0) is 22.1. The van der Waals surface area contributed by atoms with Gasteiger partial charge in [0.1, 0.15) is 0 Å². The van der Waals surface area contributed by atoms with Gasteiger partial charge < -0.3 is 4.90 Å². The molecule has 0 saturated heterocycles. The third-order valence-electron chi connectivity index (χ3n) is 7.14. The summed E-state index contributed by atoms with van der Waals surface area (Å²) >= 11 is 0. The summed E-state index contributed by atoms with van der Waals surface area (Å²) in [6.45, 7) is 6.88. The van der Waals surface area contributed by atoms with Crippen molar-refractivity contribution in [3.05, 3.63) is 114 Å². The van der Waals surface area contributed by atoms with Gasteiger partial charge in [0, 0.05) is 17.1 Å². The van der Waals surface area contributed by atoms with Crippen LogP contribution in [-0.4, -0.2) is 0 Å². The molecule has 0 atom stereocenters. The van der Waals surface area contributed by atoms with Crippen LogP contribution in [-0.2, 0) is 18.3 Å².